The van der Waals surface area contributed by atoms with Gasteiger partial charge >= 0.3 is 0 Å². The quantitative estimate of drug-likeness (QED) is 0.488. The Kier molecular flexibility index (Phi) is 9.24. The van der Waals surface area contributed by atoms with Crippen molar-refractivity contribution in [2.75, 3.05) is 43.9 Å². The summed E-state index contributed by atoms with van der Waals surface area (Å²) in [4.78, 5) is 17.2. The number of hydrogen-bond acceptors (Lipinski definition) is 6. The van der Waals surface area contributed by atoms with Crippen LogP contribution in [-0.2, 0) is 14.8 Å². The molecule has 0 N–H and O–H groups in total. The predicted octanol–water partition coefficient (Wildman–Crippen LogP) is 3.54. The first-order valence-corrected chi connectivity index (χ1v) is 14.7. The van der Waals surface area contributed by atoms with E-state index >= 15 is 0 Å². The number of amides is 1. The highest BCUT2D eigenvalue weighted by Crippen LogP contribution is 2.37. The lowest BCUT2D eigenvalue weighted by molar-refractivity contribution is -0.135. The highest BCUT2D eigenvalue weighted by molar-refractivity contribution is 7.88. The van der Waals surface area contributed by atoms with Crippen LogP contribution in [0.25, 0.3) is 0 Å². The third kappa shape index (κ3) is 7.15. The second-order valence-electron chi connectivity index (χ2n) is 9.86. The number of halogens is 2. The molecule has 3 heterocycles. The van der Waals surface area contributed by atoms with Crippen molar-refractivity contribution < 1.29 is 22.0 Å². The van der Waals surface area contributed by atoms with E-state index in [0.29, 0.717) is 31.9 Å². The largest absolute Gasteiger partial charge is 0.354 e. The Hall–Kier alpha value is -3.44. The lowest BCUT2D eigenvalue weighted by atomic mass is 9.87. The van der Waals surface area contributed by atoms with Crippen molar-refractivity contribution >= 4 is 21.7 Å². The van der Waals surface area contributed by atoms with E-state index in [4.69, 9.17) is 0 Å². The number of benzene rings is 2. The van der Waals surface area contributed by atoms with Gasteiger partial charge in [0.1, 0.15) is 11.6 Å². The lowest BCUT2D eigenvalue weighted by Gasteiger charge is -2.27. The van der Waals surface area contributed by atoms with E-state index in [9.17, 15) is 22.0 Å². The minimum Gasteiger partial charge on any atom is -0.354 e. The van der Waals surface area contributed by atoms with Gasteiger partial charge in [0.25, 0.3) is 0 Å². The molecule has 208 valence electrons. The summed E-state index contributed by atoms with van der Waals surface area (Å²) >= 11 is 0. The van der Waals surface area contributed by atoms with E-state index in [1.165, 1.54) is 22.7 Å². The second-order valence-corrected chi connectivity index (χ2v) is 11.8. The summed E-state index contributed by atoms with van der Waals surface area (Å²) in [7, 11) is -3.39. The average Bonchev–Trinajstić information content (AvgIpc) is 3.26. The van der Waals surface area contributed by atoms with Crippen LogP contribution in [0.1, 0.15) is 24.8 Å². The Labute approximate surface area is 228 Å². The molecule has 1 unspecified atom stereocenters. The van der Waals surface area contributed by atoms with Crippen LogP contribution in [0.3, 0.4) is 0 Å². The fraction of sp³-hybridized carbons (Fsp3) is 0.393. The smallest absolute Gasteiger partial charge is 0.228 e. The van der Waals surface area contributed by atoms with Crippen LogP contribution in [0, 0.1) is 17.6 Å². The molecule has 1 aromatic heterocycles. The first kappa shape index (κ1) is 28.6. The minimum atomic E-state index is -3.39. The summed E-state index contributed by atoms with van der Waals surface area (Å²) < 4.78 is 53.9. The van der Waals surface area contributed by atoms with Crippen LogP contribution in [-0.4, -0.2) is 78.7 Å². The van der Waals surface area contributed by atoms with Gasteiger partial charge in [-0.2, -0.15) is 9.40 Å². The average molecular weight is 558 g/mol. The molecule has 0 radical (unpaired) electrons. The molecule has 3 aromatic rings. The van der Waals surface area contributed by atoms with Crippen LogP contribution >= 0.6 is 0 Å². The lowest BCUT2D eigenvalue weighted by Crippen LogP contribution is -2.42. The normalized spacial score (nSPS) is 22.1. The fourth-order valence-electron chi connectivity index (χ4n) is 5.19. The molecule has 1 amide bonds. The van der Waals surface area contributed by atoms with E-state index in [2.05, 4.69) is 10.2 Å². The van der Waals surface area contributed by atoms with Gasteiger partial charge in [-0.15, -0.1) is 5.10 Å². The molecule has 0 saturated carbocycles. The van der Waals surface area contributed by atoms with Crippen LogP contribution in [0.4, 0.5) is 14.6 Å². The molecule has 0 bridgehead atoms. The van der Waals surface area contributed by atoms with Gasteiger partial charge in [0.15, 0.2) is 5.82 Å². The van der Waals surface area contributed by atoms with E-state index in [1.54, 1.807) is 23.2 Å². The summed E-state index contributed by atoms with van der Waals surface area (Å²) in [5.41, 5.74) is 0.280. The van der Waals surface area contributed by atoms with E-state index in [1.807, 2.05) is 48.2 Å². The fourth-order valence-corrected chi connectivity index (χ4v) is 6.36. The molecule has 0 spiro atoms. The molecule has 0 aliphatic carbocycles. The van der Waals surface area contributed by atoms with Gasteiger partial charge in [0.05, 0.1) is 12.2 Å². The number of aromatic nitrogens is 2. The van der Waals surface area contributed by atoms with Crippen molar-refractivity contribution in [2.24, 2.45) is 5.92 Å². The zero-order chi connectivity index (χ0) is 28.0. The van der Waals surface area contributed by atoms with Crippen LogP contribution < -0.4 is 4.90 Å². The highest BCUT2D eigenvalue weighted by Gasteiger charge is 2.43. The van der Waals surface area contributed by atoms with Crippen molar-refractivity contribution in [2.45, 2.75) is 25.3 Å². The highest BCUT2D eigenvalue weighted by atomic mass is 32.2. The number of sulfonamides is 1. The van der Waals surface area contributed by atoms with E-state index in [0.717, 1.165) is 6.07 Å². The summed E-state index contributed by atoms with van der Waals surface area (Å²) in [6, 6.07) is 18.7. The van der Waals surface area contributed by atoms with E-state index < -0.39 is 33.5 Å². The van der Waals surface area contributed by atoms with E-state index in [-0.39, 0.29) is 30.6 Å². The second kappa shape index (κ2) is 12.6. The zero-order valence-corrected chi connectivity index (χ0v) is 22.8. The zero-order valence-electron chi connectivity index (χ0n) is 22.0. The molecule has 2 fully saturated rings. The van der Waals surface area contributed by atoms with Crippen molar-refractivity contribution in [3.8, 4) is 0 Å². The third-order valence-electron chi connectivity index (χ3n) is 7.18. The summed E-state index contributed by atoms with van der Waals surface area (Å²) in [5.74, 6) is -2.05. The van der Waals surface area contributed by atoms with Crippen molar-refractivity contribution in [1.82, 2.24) is 19.4 Å². The molecule has 11 heteroatoms. The monoisotopic (exact) mass is 557 g/mol. The molecule has 39 heavy (non-hydrogen) atoms. The minimum absolute atomic E-state index is 0.169. The maximum absolute atomic E-state index is 14.7. The number of nitrogens with zero attached hydrogens (tertiary/aromatic N) is 5. The Morgan fingerprint density at radius 2 is 1.64 bits per heavy atom. The maximum Gasteiger partial charge on any atom is 0.228 e. The molecular weight excluding hydrogens is 524 g/mol. The molecule has 2 saturated heterocycles. The Morgan fingerprint density at radius 1 is 0.949 bits per heavy atom. The first-order chi connectivity index (χ1) is 18.6. The number of hydrogen-bond donors (Lipinski definition) is 0. The van der Waals surface area contributed by atoms with Crippen LogP contribution in [0.15, 0.2) is 72.9 Å². The summed E-state index contributed by atoms with van der Waals surface area (Å²) in [5, 5.41) is 8.01. The SMILES string of the molecule is CC1CCN(C(=O)[C@@H]2CN(c3cccnn3)C[C@H]2c2ccc(F)cc2F)CCN1S(C)(=O)=O.c1ccccc1. The summed E-state index contributed by atoms with van der Waals surface area (Å²) in [6.45, 7) is 3.35. The molecular formula is C28H33F2N5O3S. The first-order valence-electron chi connectivity index (χ1n) is 12.9. The van der Waals surface area contributed by atoms with Crippen LogP contribution in [0.5, 0.6) is 0 Å². The standard InChI is InChI=1S/C22H27F2N5O3S.C6H6/c1-15-7-9-27(10-11-29(15)33(2,31)32)22(30)19-14-28(21-4-3-8-25-26-21)13-18(19)17-6-5-16(23)12-20(17)24;1-2-4-6-5-3-1/h3-6,8,12,15,18-19H,7,9-11,13-14H2,1-2H3;1-6H/t15?,18-,19+;/m0./s1. The van der Waals surface area contributed by atoms with Crippen LogP contribution in [0.2, 0.25) is 0 Å². The maximum atomic E-state index is 14.7. The third-order valence-corrected chi connectivity index (χ3v) is 8.58. The van der Waals surface area contributed by atoms with Crippen molar-refractivity contribution in [3.63, 3.8) is 0 Å². The van der Waals surface area contributed by atoms with Crippen molar-refractivity contribution in [1.29, 1.82) is 0 Å². The Morgan fingerprint density at radius 3 is 2.23 bits per heavy atom. The van der Waals surface area contributed by atoms with Gasteiger partial charge in [0.2, 0.25) is 15.9 Å². The molecule has 2 aliphatic heterocycles. The topological polar surface area (TPSA) is 86.7 Å². The molecule has 2 aliphatic rings. The Balaban J connectivity index is 0.000000519. The molecule has 2 aromatic carbocycles. The summed E-state index contributed by atoms with van der Waals surface area (Å²) in [6.07, 6.45) is 3.23. The van der Waals surface area contributed by atoms with Gasteiger partial charge in [-0.1, -0.05) is 42.5 Å². The predicted molar refractivity (Wildman–Crippen MR) is 145 cm³/mol. The number of carbonyl (C=O) groups is 1. The molecule has 3 atom stereocenters. The van der Waals surface area contributed by atoms with Gasteiger partial charge < -0.3 is 9.80 Å². The van der Waals surface area contributed by atoms with Gasteiger partial charge in [-0.25, -0.2) is 17.2 Å². The molecule has 5 rings (SSSR count). The number of carbonyl (C=O) groups excluding carboxylic acids is 1. The van der Waals surface area contributed by atoms with Gasteiger partial charge in [-0.05, 0) is 37.1 Å². The molecule has 8 nitrogen and oxygen atoms in total. The number of anilines is 1. The number of rotatable bonds is 4. The van der Waals surface area contributed by atoms with Gasteiger partial charge in [-0.3, -0.25) is 4.79 Å². The Bertz CT molecular complexity index is 1320. The van der Waals surface area contributed by atoms with Gasteiger partial charge in [0, 0.05) is 56.9 Å². The van der Waals surface area contributed by atoms with Crippen molar-refractivity contribution in [3.05, 3.63) is 90.1 Å².